The Labute approximate surface area is 125 Å². The Kier molecular flexibility index (Phi) is 4.52. The highest BCUT2D eigenvalue weighted by Gasteiger charge is 2.09. The molecule has 0 bridgehead atoms. The third-order valence-corrected chi connectivity index (χ3v) is 3.07. The van der Waals surface area contributed by atoms with Crippen LogP contribution in [-0.4, -0.2) is 5.11 Å². The standard InChI is InChI=1S/C14H11ClF2N2S/c1-8-5-6-10(16)12(7-8)19-14(20)18-11-4-2-3-9(15)13(11)17/h2-7H,1H3,(H2,18,19,20). The molecule has 0 aliphatic rings. The molecule has 0 saturated carbocycles. The zero-order valence-electron chi connectivity index (χ0n) is 10.5. The molecule has 0 aliphatic heterocycles. The molecule has 0 aromatic heterocycles. The van der Waals surface area contributed by atoms with Crippen LogP contribution in [0.2, 0.25) is 5.02 Å². The van der Waals surface area contributed by atoms with Crippen molar-refractivity contribution in [3.05, 3.63) is 58.6 Å². The lowest BCUT2D eigenvalue weighted by molar-refractivity contribution is 0.631. The van der Waals surface area contributed by atoms with E-state index < -0.39 is 11.6 Å². The summed E-state index contributed by atoms with van der Waals surface area (Å²) in [4.78, 5) is 0. The summed E-state index contributed by atoms with van der Waals surface area (Å²) < 4.78 is 27.3. The third kappa shape index (κ3) is 3.43. The lowest BCUT2D eigenvalue weighted by Crippen LogP contribution is -2.20. The highest BCUT2D eigenvalue weighted by molar-refractivity contribution is 7.80. The van der Waals surface area contributed by atoms with Crippen molar-refractivity contribution in [2.45, 2.75) is 6.92 Å². The topological polar surface area (TPSA) is 24.1 Å². The molecular formula is C14H11ClF2N2S. The van der Waals surface area contributed by atoms with Crippen molar-refractivity contribution in [1.29, 1.82) is 0 Å². The van der Waals surface area contributed by atoms with Crippen LogP contribution in [0, 0.1) is 18.6 Å². The zero-order valence-corrected chi connectivity index (χ0v) is 12.1. The number of thiocarbonyl (C=S) groups is 1. The van der Waals surface area contributed by atoms with Gasteiger partial charge in [-0.15, -0.1) is 0 Å². The van der Waals surface area contributed by atoms with Crippen LogP contribution >= 0.6 is 23.8 Å². The zero-order chi connectivity index (χ0) is 14.7. The van der Waals surface area contributed by atoms with Crippen LogP contribution in [-0.2, 0) is 0 Å². The second-order valence-corrected chi connectivity index (χ2v) is 4.98. The molecule has 0 amide bonds. The van der Waals surface area contributed by atoms with Crippen LogP contribution in [0.1, 0.15) is 5.56 Å². The average molecular weight is 313 g/mol. The lowest BCUT2D eigenvalue weighted by atomic mass is 10.2. The number of rotatable bonds is 2. The predicted molar refractivity (Wildman–Crippen MR) is 82.4 cm³/mol. The van der Waals surface area contributed by atoms with Crippen LogP contribution < -0.4 is 10.6 Å². The Balaban J connectivity index is 2.13. The monoisotopic (exact) mass is 312 g/mol. The maximum Gasteiger partial charge on any atom is 0.175 e. The van der Waals surface area contributed by atoms with Crippen LogP contribution in [0.3, 0.4) is 0 Å². The number of aryl methyl sites for hydroxylation is 1. The first-order chi connectivity index (χ1) is 9.47. The van der Waals surface area contributed by atoms with Gasteiger partial charge < -0.3 is 10.6 Å². The Hall–Kier alpha value is -1.72. The Morgan fingerprint density at radius 2 is 1.80 bits per heavy atom. The molecule has 0 fully saturated rings. The fourth-order valence-corrected chi connectivity index (χ4v) is 2.01. The fraction of sp³-hybridized carbons (Fsp3) is 0.0714. The van der Waals surface area contributed by atoms with Gasteiger partial charge in [-0.25, -0.2) is 8.78 Å². The first-order valence-electron chi connectivity index (χ1n) is 5.75. The molecule has 0 aliphatic carbocycles. The predicted octanol–water partition coefficient (Wildman–Crippen LogP) is 4.74. The molecular weight excluding hydrogens is 302 g/mol. The highest BCUT2D eigenvalue weighted by Crippen LogP contribution is 2.22. The van der Waals surface area contributed by atoms with E-state index in [2.05, 4.69) is 10.6 Å². The third-order valence-electron chi connectivity index (χ3n) is 2.57. The number of nitrogens with one attached hydrogen (secondary N) is 2. The van der Waals surface area contributed by atoms with E-state index in [1.165, 1.54) is 18.2 Å². The van der Waals surface area contributed by atoms with E-state index in [1.54, 1.807) is 18.2 Å². The molecule has 2 rings (SSSR count). The number of halogens is 3. The number of hydrogen-bond acceptors (Lipinski definition) is 1. The molecule has 2 aromatic carbocycles. The van der Waals surface area contributed by atoms with Gasteiger partial charge in [0.05, 0.1) is 16.4 Å². The smallest absolute Gasteiger partial charge is 0.175 e. The first kappa shape index (κ1) is 14.7. The molecule has 0 radical (unpaired) electrons. The highest BCUT2D eigenvalue weighted by atomic mass is 35.5. The van der Waals surface area contributed by atoms with Gasteiger partial charge in [-0.05, 0) is 49.0 Å². The Morgan fingerprint density at radius 3 is 2.55 bits per heavy atom. The van der Waals surface area contributed by atoms with E-state index in [1.807, 2.05) is 6.92 Å². The van der Waals surface area contributed by atoms with Crippen molar-refractivity contribution < 1.29 is 8.78 Å². The van der Waals surface area contributed by atoms with E-state index >= 15 is 0 Å². The summed E-state index contributed by atoms with van der Waals surface area (Å²) in [6.07, 6.45) is 0. The second kappa shape index (κ2) is 6.15. The lowest BCUT2D eigenvalue weighted by Gasteiger charge is -2.12. The molecule has 2 N–H and O–H groups in total. The minimum absolute atomic E-state index is 0.0143. The minimum Gasteiger partial charge on any atom is -0.330 e. The number of anilines is 2. The molecule has 2 nitrogen and oxygen atoms in total. The van der Waals surface area contributed by atoms with Gasteiger partial charge in [-0.1, -0.05) is 23.7 Å². The quantitative estimate of drug-likeness (QED) is 0.784. The van der Waals surface area contributed by atoms with Crippen LogP contribution in [0.4, 0.5) is 20.2 Å². The maximum absolute atomic E-state index is 13.7. The van der Waals surface area contributed by atoms with Gasteiger partial charge >= 0.3 is 0 Å². The maximum atomic E-state index is 13.7. The summed E-state index contributed by atoms with van der Waals surface area (Å²) in [7, 11) is 0. The molecule has 6 heteroatoms. The molecule has 20 heavy (non-hydrogen) atoms. The summed E-state index contributed by atoms with van der Waals surface area (Å²) in [5.74, 6) is -1.05. The normalized spacial score (nSPS) is 10.2. The van der Waals surface area contributed by atoms with Crippen molar-refractivity contribution >= 4 is 40.3 Å². The average Bonchev–Trinajstić information content (AvgIpc) is 2.39. The van der Waals surface area contributed by atoms with Gasteiger partial charge in [0.1, 0.15) is 5.82 Å². The number of hydrogen-bond donors (Lipinski definition) is 2. The first-order valence-corrected chi connectivity index (χ1v) is 6.54. The van der Waals surface area contributed by atoms with Crippen molar-refractivity contribution in [1.82, 2.24) is 0 Å². The van der Waals surface area contributed by atoms with E-state index in [4.69, 9.17) is 23.8 Å². The molecule has 2 aromatic rings. The summed E-state index contributed by atoms with van der Waals surface area (Å²) in [5, 5.41) is 5.39. The molecule has 0 unspecified atom stereocenters. The van der Waals surface area contributed by atoms with Crippen molar-refractivity contribution in [3.8, 4) is 0 Å². The summed E-state index contributed by atoms with van der Waals surface area (Å²) in [6, 6.07) is 9.09. The second-order valence-electron chi connectivity index (χ2n) is 4.16. The minimum atomic E-state index is -0.608. The van der Waals surface area contributed by atoms with Gasteiger partial charge in [0.25, 0.3) is 0 Å². The SMILES string of the molecule is Cc1ccc(F)c(NC(=S)Nc2cccc(Cl)c2F)c1. The van der Waals surface area contributed by atoms with Gasteiger partial charge in [-0.2, -0.15) is 0 Å². The van der Waals surface area contributed by atoms with Crippen LogP contribution in [0.25, 0.3) is 0 Å². The Morgan fingerprint density at radius 1 is 1.10 bits per heavy atom. The van der Waals surface area contributed by atoms with E-state index in [0.29, 0.717) is 0 Å². The van der Waals surface area contributed by atoms with Gasteiger partial charge in [-0.3, -0.25) is 0 Å². The van der Waals surface area contributed by atoms with Crippen molar-refractivity contribution in [2.75, 3.05) is 10.6 Å². The van der Waals surface area contributed by atoms with E-state index in [9.17, 15) is 8.78 Å². The molecule has 0 heterocycles. The van der Waals surface area contributed by atoms with Crippen molar-refractivity contribution in [2.24, 2.45) is 0 Å². The summed E-state index contributed by atoms with van der Waals surface area (Å²) in [5.41, 5.74) is 1.23. The van der Waals surface area contributed by atoms with Gasteiger partial charge in [0.15, 0.2) is 10.9 Å². The Bertz CT molecular complexity index is 656. The van der Waals surface area contributed by atoms with Gasteiger partial charge in [0.2, 0.25) is 0 Å². The molecule has 0 spiro atoms. The summed E-state index contributed by atoms with van der Waals surface area (Å²) in [6.45, 7) is 1.83. The largest absolute Gasteiger partial charge is 0.330 e. The molecule has 0 saturated heterocycles. The number of benzene rings is 2. The molecule has 0 atom stereocenters. The van der Waals surface area contributed by atoms with E-state index in [0.717, 1.165) is 5.56 Å². The fourth-order valence-electron chi connectivity index (χ4n) is 1.61. The van der Waals surface area contributed by atoms with Gasteiger partial charge in [0, 0.05) is 0 Å². The van der Waals surface area contributed by atoms with Crippen LogP contribution in [0.15, 0.2) is 36.4 Å². The summed E-state index contributed by atoms with van der Waals surface area (Å²) >= 11 is 10.7. The van der Waals surface area contributed by atoms with E-state index in [-0.39, 0.29) is 21.5 Å². The van der Waals surface area contributed by atoms with Crippen molar-refractivity contribution in [3.63, 3.8) is 0 Å². The van der Waals surface area contributed by atoms with Crippen LogP contribution in [0.5, 0.6) is 0 Å². The molecule has 104 valence electrons.